The number of halogens is 3. The lowest BCUT2D eigenvalue weighted by atomic mass is 9.96. The third kappa shape index (κ3) is 4.06. The van der Waals surface area contributed by atoms with Crippen LogP contribution in [0.1, 0.15) is 18.4 Å². The van der Waals surface area contributed by atoms with Crippen molar-refractivity contribution in [2.24, 2.45) is 0 Å². The molecule has 1 N–H and O–H groups in total. The van der Waals surface area contributed by atoms with Gasteiger partial charge in [-0.15, -0.1) is 0 Å². The number of hydrogen-bond acceptors (Lipinski definition) is 4. The van der Waals surface area contributed by atoms with Crippen LogP contribution in [0.5, 0.6) is 0 Å². The summed E-state index contributed by atoms with van der Waals surface area (Å²) in [7, 11) is 0. The summed E-state index contributed by atoms with van der Waals surface area (Å²) in [6.45, 7) is -0.422. The number of rotatable bonds is 5. The Hall–Kier alpha value is -1.82. The van der Waals surface area contributed by atoms with E-state index in [1.54, 1.807) is 24.3 Å². The number of carbonyl (C=O) groups is 2. The summed E-state index contributed by atoms with van der Waals surface area (Å²) < 4.78 is 5.17. The highest BCUT2D eigenvalue weighted by Gasteiger charge is 2.52. The zero-order valence-electron chi connectivity index (χ0n) is 12.9. The standard InChI is InChI=1S/C17H13Cl3N2O3/c18-11-3-1-10(2-4-11)17(5-6-17)16(24)25-9-14(23)22-15-13(20)7-12(19)8-21-15/h1-4,7-8H,5-6,9H2,(H,21,22,23). The zero-order chi connectivity index (χ0) is 18.0. The first-order chi connectivity index (χ1) is 11.9. The normalized spacial score (nSPS) is 14.7. The number of carbonyl (C=O) groups excluding carboxylic acids is 2. The summed E-state index contributed by atoms with van der Waals surface area (Å²) in [6, 6.07) is 8.51. The van der Waals surface area contributed by atoms with Gasteiger partial charge in [0.25, 0.3) is 5.91 Å². The van der Waals surface area contributed by atoms with Gasteiger partial charge in [-0.2, -0.15) is 0 Å². The molecule has 5 nitrogen and oxygen atoms in total. The SMILES string of the molecule is O=C(COC(=O)C1(c2ccc(Cl)cc2)CC1)Nc1ncc(Cl)cc1Cl. The molecule has 130 valence electrons. The fourth-order valence-electron chi connectivity index (χ4n) is 2.45. The molecule has 0 saturated heterocycles. The Morgan fingerprint density at radius 2 is 1.80 bits per heavy atom. The highest BCUT2D eigenvalue weighted by molar-refractivity contribution is 6.36. The molecule has 3 rings (SSSR count). The molecule has 2 aromatic rings. The van der Waals surface area contributed by atoms with E-state index in [1.165, 1.54) is 12.3 Å². The molecule has 0 aliphatic heterocycles. The largest absolute Gasteiger partial charge is 0.455 e. The highest BCUT2D eigenvalue weighted by atomic mass is 35.5. The second kappa shape index (κ2) is 7.20. The van der Waals surface area contributed by atoms with Gasteiger partial charge in [0.05, 0.1) is 15.5 Å². The number of esters is 1. The number of benzene rings is 1. The monoisotopic (exact) mass is 398 g/mol. The molecule has 1 amide bonds. The third-order valence-corrected chi connectivity index (χ3v) is 4.68. The molecule has 1 aromatic carbocycles. The Morgan fingerprint density at radius 1 is 1.12 bits per heavy atom. The van der Waals surface area contributed by atoms with Crippen LogP contribution < -0.4 is 5.32 Å². The summed E-state index contributed by atoms with van der Waals surface area (Å²) in [5.41, 5.74) is 0.158. The summed E-state index contributed by atoms with van der Waals surface area (Å²) >= 11 is 17.5. The van der Waals surface area contributed by atoms with Crippen LogP contribution >= 0.6 is 34.8 Å². The lowest BCUT2D eigenvalue weighted by Crippen LogP contribution is -2.28. The molecule has 1 saturated carbocycles. The van der Waals surface area contributed by atoms with E-state index >= 15 is 0 Å². The quantitative estimate of drug-likeness (QED) is 0.763. The summed E-state index contributed by atoms with van der Waals surface area (Å²) in [6.07, 6.45) is 2.72. The lowest BCUT2D eigenvalue weighted by Gasteiger charge is -2.15. The van der Waals surface area contributed by atoms with Gasteiger partial charge >= 0.3 is 5.97 Å². The summed E-state index contributed by atoms with van der Waals surface area (Å²) in [5.74, 6) is -0.803. The van der Waals surface area contributed by atoms with E-state index in [1.807, 2.05) is 0 Å². The first-order valence-electron chi connectivity index (χ1n) is 7.45. The minimum atomic E-state index is -0.680. The second-order valence-electron chi connectivity index (χ2n) is 5.70. The van der Waals surface area contributed by atoms with Crippen LogP contribution in [-0.4, -0.2) is 23.5 Å². The van der Waals surface area contributed by atoms with Gasteiger partial charge in [-0.25, -0.2) is 4.98 Å². The van der Waals surface area contributed by atoms with E-state index in [9.17, 15) is 9.59 Å². The van der Waals surface area contributed by atoms with Gasteiger partial charge in [-0.3, -0.25) is 9.59 Å². The maximum Gasteiger partial charge on any atom is 0.317 e. The fourth-order valence-corrected chi connectivity index (χ4v) is 3.00. The van der Waals surface area contributed by atoms with E-state index < -0.39 is 23.9 Å². The second-order valence-corrected chi connectivity index (χ2v) is 6.98. The van der Waals surface area contributed by atoms with Crippen molar-refractivity contribution in [2.45, 2.75) is 18.3 Å². The van der Waals surface area contributed by atoms with Crippen molar-refractivity contribution in [2.75, 3.05) is 11.9 Å². The number of amides is 1. The Kier molecular flexibility index (Phi) is 5.18. The highest BCUT2D eigenvalue weighted by Crippen LogP contribution is 2.49. The van der Waals surface area contributed by atoms with E-state index in [-0.39, 0.29) is 10.8 Å². The molecular formula is C17H13Cl3N2O3. The predicted molar refractivity (Wildman–Crippen MR) is 96.2 cm³/mol. The van der Waals surface area contributed by atoms with Crippen molar-refractivity contribution < 1.29 is 14.3 Å². The van der Waals surface area contributed by atoms with Gasteiger partial charge in [-0.1, -0.05) is 46.9 Å². The average molecular weight is 400 g/mol. The Morgan fingerprint density at radius 3 is 2.40 bits per heavy atom. The number of pyridine rings is 1. The van der Waals surface area contributed by atoms with Gasteiger partial charge in [0.1, 0.15) is 0 Å². The smallest absolute Gasteiger partial charge is 0.317 e. The van der Waals surface area contributed by atoms with E-state index in [0.717, 1.165) is 5.56 Å². The molecule has 0 bridgehead atoms. The van der Waals surface area contributed by atoms with Crippen molar-refractivity contribution >= 4 is 52.5 Å². The number of ether oxygens (including phenoxy) is 1. The van der Waals surface area contributed by atoms with Gasteiger partial charge in [0.2, 0.25) is 0 Å². The summed E-state index contributed by atoms with van der Waals surface area (Å²) in [4.78, 5) is 28.2. The molecule has 1 heterocycles. The Bertz CT molecular complexity index is 820. The van der Waals surface area contributed by atoms with Crippen LogP contribution in [0.15, 0.2) is 36.5 Å². The van der Waals surface area contributed by atoms with Crippen LogP contribution in [0.2, 0.25) is 15.1 Å². The summed E-state index contributed by atoms with van der Waals surface area (Å²) in [5, 5.41) is 3.63. The maximum absolute atomic E-state index is 12.4. The minimum Gasteiger partial charge on any atom is -0.455 e. The Labute approximate surface area is 159 Å². The number of hydrogen-bond donors (Lipinski definition) is 1. The molecule has 0 unspecified atom stereocenters. The van der Waals surface area contributed by atoms with Gasteiger partial charge in [0.15, 0.2) is 12.4 Å². The minimum absolute atomic E-state index is 0.158. The molecule has 8 heteroatoms. The average Bonchev–Trinajstić information content (AvgIpc) is 3.38. The van der Waals surface area contributed by atoms with Gasteiger partial charge in [-0.05, 0) is 36.6 Å². The first kappa shape index (κ1) is 18.0. The third-order valence-electron chi connectivity index (χ3n) is 3.94. The van der Waals surface area contributed by atoms with Crippen molar-refractivity contribution in [3.05, 3.63) is 57.2 Å². The van der Waals surface area contributed by atoms with Crippen LogP contribution in [0.4, 0.5) is 5.82 Å². The molecular weight excluding hydrogens is 387 g/mol. The molecule has 25 heavy (non-hydrogen) atoms. The van der Waals surface area contributed by atoms with Crippen LogP contribution in [0.25, 0.3) is 0 Å². The topological polar surface area (TPSA) is 68.3 Å². The van der Waals surface area contributed by atoms with E-state index in [0.29, 0.717) is 22.9 Å². The zero-order valence-corrected chi connectivity index (χ0v) is 15.2. The first-order valence-corrected chi connectivity index (χ1v) is 8.58. The van der Waals surface area contributed by atoms with E-state index in [4.69, 9.17) is 39.5 Å². The van der Waals surface area contributed by atoms with Gasteiger partial charge < -0.3 is 10.1 Å². The molecule has 1 fully saturated rings. The number of nitrogens with one attached hydrogen (secondary N) is 1. The number of nitrogens with zero attached hydrogens (tertiary/aromatic N) is 1. The van der Waals surface area contributed by atoms with Crippen LogP contribution in [-0.2, 0) is 19.7 Å². The fraction of sp³-hybridized carbons (Fsp3) is 0.235. The lowest BCUT2D eigenvalue weighted by molar-refractivity contribution is -0.150. The molecule has 1 aromatic heterocycles. The molecule has 0 spiro atoms. The van der Waals surface area contributed by atoms with Crippen molar-refractivity contribution in [3.8, 4) is 0 Å². The predicted octanol–water partition coefficient (Wildman–Crippen LogP) is 4.26. The molecule has 0 atom stereocenters. The maximum atomic E-state index is 12.4. The van der Waals surface area contributed by atoms with Crippen LogP contribution in [0, 0.1) is 0 Å². The molecule has 0 radical (unpaired) electrons. The Balaban J connectivity index is 1.58. The molecule has 1 aliphatic rings. The van der Waals surface area contributed by atoms with Crippen molar-refractivity contribution in [3.63, 3.8) is 0 Å². The van der Waals surface area contributed by atoms with Crippen molar-refractivity contribution in [1.82, 2.24) is 4.98 Å². The van der Waals surface area contributed by atoms with Crippen molar-refractivity contribution in [1.29, 1.82) is 0 Å². The van der Waals surface area contributed by atoms with Gasteiger partial charge in [0, 0.05) is 11.2 Å². The molecule has 1 aliphatic carbocycles. The number of aromatic nitrogens is 1. The number of anilines is 1. The van der Waals surface area contributed by atoms with Crippen LogP contribution in [0.3, 0.4) is 0 Å². The van der Waals surface area contributed by atoms with E-state index in [2.05, 4.69) is 10.3 Å².